The molecule has 0 aliphatic carbocycles. The van der Waals surface area contributed by atoms with Crippen molar-refractivity contribution in [3.05, 3.63) is 52.5 Å². The third kappa shape index (κ3) is 2.60. The van der Waals surface area contributed by atoms with Crippen LogP contribution in [0.3, 0.4) is 0 Å². The van der Waals surface area contributed by atoms with Gasteiger partial charge in [0.2, 0.25) is 0 Å². The summed E-state index contributed by atoms with van der Waals surface area (Å²) in [5.41, 5.74) is 2.14. The molecule has 2 N–H and O–H groups in total. The van der Waals surface area contributed by atoms with Crippen LogP contribution in [-0.4, -0.2) is 16.5 Å². The van der Waals surface area contributed by atoms with E-state index in [4.69, 9.17) is 0 Å². The number of hydrogen-bond acceptors (Lipinski definition) is 3. The molecule has 4 heteroatoms. The third-order valence-electron chi connectivity index (χ3n) is 2.86. The lowest BCUT2D eigenvalue weighted by molar-refractivity contribution is 0.669. The second-order valence-electron chi connectivity index (χ2n) is 4.21. The number of H-pyrrole nitrogens is 1. The van der Waals surface area contributed by atoms with E-state index in [1.165, 1.54) is 4.88 Å². The summed E-state index contributed by atoms with van der Waals surface area (Å²) in [7, 11) is 0. The number of rotatable bonds is 5. The molecule has 3 rings (SSSR count). The topological polar surface area (TPSA) is 40.7 Å². The molecular formula is C14H15N3S. The summed E-state index contributed by atoms with van der Waals surface area (Å²) < 4.78 is 0. The highest BCUT2D eigenvalue weighted by molar-refractivity contribution is 7.09. The number of fused-ring (bicyclic) bond motifs is 1. The molecule has 0 aliphatic heterocycles. The molecule has 0 bridgehead atoms. The molecule has 3 nitrogen and oxygen atoms in total. The summed E-state index contributed by atoms with van der Waals surface area (Å²) in [6.07, 6.45) is 1.08. The predicted molar refractivity (Wildman–Crippen MR) is 75.8 cm³/mol. The van der Waals surface area contributed by atoms with Gasteiger partial charge in [0.1, 0.15) is 5.82 Å². The number of aromatic nitrogens is 2. The molecule has 2 aromatic heterocycles. The Morgan fingerprint density at radius 3 is 2.94 bits per heavy atom. The van der Waals surface area contributed by atoms with Crippen molar-refractivity contribution >= 4 is 22.4 Å². The van der Waals surface area contributed by atoms with Gasteiger partial charge < -0.3 is 10.3 Å². The van der Waals surface area contributed by atoms with Crippen molar-refractivity contribution in [3.8, 4) is 0 Å². The SMILES string of the molecule is c1csc(CCNCc2nc3ccccc3[nH]2)c1. The van der Waals surface area contributed by atoms with E-state index in [-0.39, 0.29) is 0 Å². The van der Waals surface area contributed by atoms with Crippen LogP contribution in [0, 0.1) is 0 Å². The summed E-state index contributed by atoms with van der Waals surface area (Å²) in [6, 6.07) is 12.4. The largest absolute Gasteiger partial charge is 0.341 e. The normalized spacial score (nSPS) is 11.1. The molecule has 0 fully saturated rings. The molecule has 3 aromatic rings. The van der Waals surface area contributed by atoms with Crippen LogP contribution in [0.1, 0.15) is 10.7 Å². The zero-order valence-corrected chi connectivity index (χ0v) is 10.8. The van der Waals surface area contributed by atoms with Gasteiger partial charge >= 0.3 is 0 Å². The van der Waals surface area contributed by atoms with Gasteiger partial charge in [0.25, 0.3) is 0 Å². The van der Waals surface area contributed by atoms with Crippen LogP contribution in [0.5, 0.6) is 0 Å². The van der Waals surface area contributed by atoms with Gasteiger partial charge in [0, 0.05) is 11.4 Å². The minimum atomic E-state index is 0.792. The van der Waals surface area contributed by atoms with Crippen LogP contribution >= 0.6 is 11.3 Å². The van der Waals surface area contributed by atoms with Crippen LogP contribution in [0.15, 0.2) is 41.8 Å². The van der Waals surface area contributed by atoms with Gasteiger partial charge in [-0.15, -0.1) is 11.3 Å². The fourth-order valence-electron chi connectivity index (χ4n) is 1.96. The van der Waals surface area contributed by atoms with Gasteiger partial charge in [-0.05, 0) is 30.0 Å². The Labute approximate surface area is 110 Å². The molecule has 0 aliphatic rings. The summed E-state index contributed by atoms with van der Waals surface area (Å²) in [5, 5.41) is 5.53. The van der Waals surface area contributed by atoms with Crippen molar-refractivity contribution in [2.45, 2.75) is 13.0 Å². The van der Waals surface area contributed by atoms with Crippen LogP contribution in [0.25, 0.3) is 11.0 Å². The zero-order chi connectivity index (χ0) is 12.2. The van der Waals surface area contributed by atoms with Crippen LogP contribution in [-0.2, 0) is 13.0 Å². The summed E-state index contributed by atoms with van der Waals surface area (Å²) >= 11 is 1.81. The summed E-state index contributed by atoms with van der Waals surface area (Å²) in [5.74, 6) is 1.00. The molecular weight excluding hydrogens is 242 g/mol. The van der Waals surface area contributed by atoms with Crippen molar-refractivity contribution in [2.24, 2.45) is 0 Å². The molecule has 0 saturated heterocycles. The lowest BCUT2D eigenvalue weighted by Gasteiger charge is -2.00. The first-order valence-electron chi connectivity index (χ1n) is 6.08. The van der Waals surface area contributed by atoms with Crippen LogP contribution in [0.4, 0.5) is 0 Å². The number of thiophene rings is 1. The average Bonchev–Trinajstić information content (AvgIpc) is 3.03. The highest BCUT2D eigenvalue weighted by Gasteiger charge is 2.01. The van der Waals surface area contributed by atoms with Crippen LogP contribution in [0.2, 0.25) is 0 Å². The fourth-order valence-corrected chi connectivity index (χ4v) is 2.67. The Morgan fingerprint density at radius 1 is 1.17 bits per heavy atom. The molecule has 0 unspecified atom stereocenters. The maximum atomic E-state index is 4.53. The number of nitrogens with zero attached hydrogens (tertiary/aromatic N) is 1. The Bertz CT molecular complexity index is 580. The number of nitrogens with one attached hydrogen (secondary N) is 2. The lowest BCUT2D eigenvalue weighted by atomic mass is 10.3. The Balaban J connectivity index is 1.53. The molecule has 0 atom stereocenters. The molecule has 0 amide bonds. The molecule has 0 spiro atoms. The Kier molecular flexibility index (Phi) is 3.39. The maximum absolute atomic E-state index is 4.53. The standard InChI is InChI=1S/C14H15N3S/c1-2-6-13-12(5-1)16-14(17-13)10-15-8-7-11-4-3-9-18-11/h1-6,9,15H,7-8,10H2,(H,16,17). The smallest absolute Gasteiger partial charge is 0.121 e. The van der Waals surface area contributed by atoms with Gasteiger partial charge in [-0.1, -0.05) is 18.2 Å². The Hall–Kier alpha value is -1.65. The molecule has 1 aromatic carbocycles. The quantitative estimate of drug-likeness (QED) is 0.690. The van der Waals surface area contributed by atoms with E-state index in [0.717, 1.165) is 36.4 Å². The molecule has 0 saturated carbocycles. The van der Waals surface area contributed by atoms with E-state index in [9.17, 15) is 0 Å². The van der Waals surface area contributed by atoms with E-state index in [0.29, 0.717) is 0 Å². The number of benzene rings is 1. The fraction of sp³-hybridized carbons (Fsp3) is 0.214. The second-order valence-corrected chi connectivity index (χ2v) is 5.24. The molecule has 2 heterocycles. The van der Waals surface area contributed by atoms with Crippen molar-refractivity contribution < 1.29 is 0 Å². The number of aromatic amines is 1. The first kappa shape index (κ1) is 11.4. The van der Waals surface area contributed by atoms with E-state index in [1.54, 1.807) is 0 Å². The highest BCUT2D eigenvalue weighted by Crippen LogP contribution is 2.10. The van der Waals surface area contributed by atoms with Gasteiger partial charge in [-0.25, -0.2) is 4.98 Å². The maximum Gasteiger partial charge on any atom is 0.121 e. The zero-order valence-electron chi connectivity index (χ0n) is 10.0. The molecule has 0 radical (unpaired) electrons. The second kappa shape index (κ2) is 5.33. The monoisotopic (exact) mass is 257 g/mol. The van der Waals surface area contributed by atoms with Gasteiger partial charge in [0.15, 0.2) is 0 Å². The van der Waals surface area contributed by atoms with Crippen molar-refractivity contribution in [1.82, 2.24) is 15.3 Å². The molecule has 18 heavy (non-hydrogen) atoms. The first-order chi connectivity index (χ1) is 8.92. The molecule has 92 valence electrons. The first-order valence-corrected chi connectivity index (χ1v) is 6.96. The van der Waals surface area contributed by atoms with Crippen molar-refractivity contribution in [3.63, 3.8) is 0 Å². The number of hydrogen-bond donors (Lipinski definition) is 2. The number of para-hydroxylation sites is 2. The van der Waals surface area contributed by atoms with E-state index < -0.39 is 0 Å². The average molecular weight is 257 g/mol. The van der Waals surface area contributed by atoms with Crippen molar-refractivity contribution in [2.75, 3.05) is 6.54 Å². The van der Waals surface area contributed by atoms with Crippen molar-refractivity contribution in [1.29, 1.82) is 0 Å². The van der Waals surface area contributed by atoms with E-state index in [1.807, 2.05) is 29.5 Å². The minimum Gasteiger partial charge on any atom is -0.341 e. The summed E-state index contributed by atoms with van der Waals surface area (Å²) in [4.78, 5) is 9.27. The van der Waals surface area contributed by atoms with Gasteiger partial charge in [-0.3, -0.25) is 0 Å². The van der Waals surface area contributed by atoms with Crippen LogP contribution < -0.4 is 5.32 Å². The lowest BCUT2D eigenvalue weighted by Crippen LogP contribution is -2.17. The van der Waals surface area contributed by atoms with Gasteiger partial charge in [-0.2, -0.15) is 0 Å². The minimum absolute atomic E-state index is 0.792. The van der Waals surface area contributed by atoms with E-state index >= 15 is 0 Å². The predicted octanol–water partition coefficient (Wildman–Crippen LogP) is 2.96. The highest BCUT2D eigenvalue weighted by atomic mass is 32.1. The Morgan fingerprint density at radius 2 is 2.11 bits per heavy atom. The summed E-state index contributed by atoms with van der Waals surface area (Å²) in [6.45, 7) is 1.78. The third-order valence-corrected chi connectivity index (χ3v) is 3.80. The number of imidazole rings is 1. The van der Waals surface area contributed by atoms with Gasteiger partial charge in [0.05, 0.1) is 17.6 Å². The van der Waals surface area contributed by atoms with E-state index in [2.05, 4.69) is 38.9 Å².